The van der Waals surface area contributed by atoms with Crippen LogP contribution in [0.15, 0.2) is 47.5 Å². The van der Waals surface area contributed by atoms with E-state index in [0.717, 1.165) is 47.5 Å². The zero-order chi connectivity index (χ0) is 27.4. The van der Waals surface area contributed by atoms with Gasteiger partial charge in [-0.05, 0) is 56.2 Å². The van der Waals surface area contributed by atoms with E-state index in [1.165, 1.54) is 21.8 Å². The van der Waals surface area contributed by atoms with Crippen molar-refractivity contribution in [3.8, 4) is 0 Å². The van der Waals surface area contributed by atoms with Crippen molar-refractivity contribution in [3.05, 3.63) is 87.1 Å². The number of carbonyl (C=O) groups is 1. The molecule has 9 nitrogen and oxygen atoms in total. The summed E-state index contributed by atoms with van der Waals surface area (Å²) < 4.78 is 29.8. The van der Waals surface area contributed by atoms with E-state index in [2.05, 4.69) is 20.2 Å². The maximum atomic E-state index is 13.7. The number of hydrogen-bond donors (Lipinski definition) is 2. The number of aliphatic hydroxyl groups excluding tert-OH is 1. The second-order valence-electron chi connectivity index (χ2n) is 8.82. The molecule has 2 aromatic heterocycles. The molecule has 2 heterocycles. The summed E-state index contributed by atoms with van der Waals surface area (Å²) >= 11 is 0. The number of rotatable bonds is 10. The van der Waals surface area contributed by atoms with Gasteiger partial charge in [0, 0.05) is 25.0 Å². The molecule has 0 radical (unpaired) electrons. The molecule has 1 amide bonds. The van der Waals surface area contributed by atoms with Gasteiger partial charge in [0.05, 0.1) is 30.9 Å². The number of aromatic nitrogens is 4. The van der Waals surface area contributed by atoms with Crippen LogP contribution in [0.1, 0.15) is 41.0 Å². The molecule has 4 aromatic rings. The van der Waals surface area contributed by atoms with Gasteiger partial charge < -0.3 is 15.3 Å². The van der Waals surface area contributed by atoms with Crippen molar-refractivity contribution in [2.45, 2.75) is 40.4 Å². The van der Waals surface area contributed by atoms with E-state index in [-0.39, 0.29) is 31.8 Å². The summed E-state index contributed by atoms with van der Waals surface area (Å²) in [6.45, 7) is 7.11. The molecule has 0 aliphatic rings. The van der Waals surface area contributed by atoms with Crippen LogP contribution in [0.2, 0.25) is 0 Å². The first-order valence-corrected chi connectivity index (χ1v) is 12.4. The molecule has 0 bridgehead atoms. The number of anilines is 1. The third-order valence-electron chi connectivity index (χ3n) is 6.54. The number of amides is 1. The van der Waals surface area contributed by atoms with Gasteiger partial charge >= 0.3 is 0 Å². The quantitative estimate of drug-likeness (QED) is 0.331. The Labute approximate surface area is 218 Å². The Kier molecular flexibility index (Phi) is 8.16. The van der Waals surface area contributed by atoms with E-state index >= 15 is 0 Å². The lowest BCUT2D eigenvalue weighted by molar-refractivity contribution is 0.0949. The summed E-state index contributed by atoms with van der Waals surface area (Å²) in [5, 5.41) is 13.2. The largest absolute Gasteiger partial charge is 0.394 e. The Morgan fingerprint density at radius 2 is 1.76 bits per heavy atom. The summed E-state index contributed by atoms with van der Waals surface area (Å²) in [5.74, 6) is -1.79. The molecule has 4 rings (SSSR count). The Bertz CT molecular complexity index is 1530. The first kappa shape index (κ1) is 26.9. The van der Waals surface area contributed by atoms with Crippen molar-refractivity contribution >= 4 is 22.6 Å². The molecule has 2 N–H and O–H groups in total. The average Bonchev–Trinajstić information content (AvgIpc) is 3.14. The topological polar surface area (TPSA) is 105 Å². The molecule has 0 saturated heterocycles. The van der Waals surface area contributed by atoms with Gasteiger partial charge in [0.1, 0.15) is 17.7 Å². The van der Waals surface area contributed by atoms with Crippen molar-refractivity contribution in [3.63, 3.8) is 0 Å². The highest BCUT2D eigenvalue weighted by atomic mass is 19.2. The molecule has 0 saturated carbocycles. The fraction of sp³-hybridized carbons (Fsp3) is 0.333. The van der Waals surface area contributed by atoms with Crippen LogP contribution in [-0.2, 0) is 19.6 Å². The molecule has 0 unspecified atom stereocenters. The van der Waals surface area contributed by atoms with Crippen LogP contribution in [0, 0.1) is 18.6 Å². The minimum absolute atomic E-state index is 0.0524. The molecular formula is C27H30F2N6O3. The highest BCUT2D eigenvalue weighted by Crippen LogP contribution is 2.24. The zero-order valence-corrected chi connectivity index (χ0v) is 21.5. The number of nitrogens with zero attached hydrogens (tertiary/aromatic N) is 5. The summed E-state index contributed by atoms with van der Waals surface area (Å²) in [4.78, 5) is 37.3. The lowest BCUT2D eigenvalue weighted by Gasteiger charge is -2.21. The summed E-state index contributed by atoms with van der Waals surface area (Å²) in [5.41, 5.74) is 1.64. The van der Waals surface area contributed by atoms with E-state index in [1.807, 2.05) is 32.0 Å². The number of benzene rings is 2. The molecule has 11 heteroatoms. The number of halogens is 2. The van der Waals surface area contributed by atoms with Gasteiger partial charge in [-0.1, -0.05) is 12.1 Å². The second kappa shape index (κ2) is 11.5. The van der Waals surface area contributed by atoms with Gasteiger partial charge in [-0.2, -0.15) is 0 Å². The molecule has 0 atom stereocenters. The predicted molar refractivity (Wildman–Crippen MR) is 140 cm³/mol. The van der Waals surface area contributed by atoms with Crippen molar-refractivity contribution in [2.24, 2.45) is 0 Å². The molecule has 200 valence electrons. The van der Waals surface area contributed by atoms with Crippen LogP contribution in [-0.4, -0.2) is 50.0 Å². The Balaban J connectivity index is 1.61. The maximum absolute atomic E-state index is 13.7. The van der Waals surface area contributed by atoms with Crippen molar-refractivity contribution in [1.29, 1.82) is 0 Å². The first-order valence-electron chi connectivity index (χ1n) is 12.4. The van der Waals surface area contributed by atoms with Crippen molar-refractivity contribution in [1.82, 2.24) is 24.6 Å². The minimum Gasteiger partial charge on any atom is -0.394 e. The van der Waals surface area contributed by atoms with E-state index in [4.69, 9.17) is 0 Å². The Morgan fingerprint density at radius 1 is 1.03 bits per heavy atom. The number of nitrogens with one attached hydrogen (secondary N) is 1. The van der Waals surface area contributed by atoms with Crippen LogP contribution in [0.4, 0.5) is 14.6 Å². The van der Waals surface area contributed by atoms with Crippen LogP contribution < -0.4 is 15.8 Å². The van der Waals surface area contributed by atoms with Crippen molar-refractivity contribution < 1.29 is 18.7 Å². The maximum Gasteiger partial charge on any atom is 0.280 e. The molecule has 38 heavy (non-hydrogen) atoms. The smallest absolute Gasteiger partial charge is 0.280 e. The third-order valence-corrected chi connectivity index (χ3v) is 6.54. The molecule has 0 spiro atoms. The number of carbonyl (C=O) groups excluding carboxylic acids is 1. The Morgan fingerprint density at radius 3 is 2.45 bits per heavy atom. The van der Waals surface area contributed by atoms with Gasteiger partial charge in [0.25, 0.3) is 11.5 Å². The third kappa shape index (κ3) is 5.28. The monoisotopic (exact) mass is 524 g/mol. The van der Waals surface area contributed by atoms with E-state index < -0.39 is 23.1 Å². The molecule has 0 aliphatic heterocycles. The van der Waals surface area contributed by atoms with Gasteiger partial charge in [-0.3, -0.25) is 14.3 Å². The predicted octanol–water partition coefficient (Wildman–Crippen LogP) is 3.00. The van der Waals surface area contributed by atoms with Gasteiger partial charge in [0.2, 0.25) is 0 Å². The van der Waals surface area contributed by atoms with Gasteiger partial charge in [-0.15, -0.1) is 0 Å². The van der Waals surface area contributed by atoms with Crippen LogP contribution in [0.3, 0.4) is 0 Å². The van der Waals surface area contributed by atoms with E-state index in [1.54, 1.807) is 6.92 Å². The zero-order valence-electron chi connectivity index (χ0n) is 21.5. The summed E-state index contributed by atoms with van der Waals surface area (Å²) in [6, 6.07) is 9.00. The summed E-state index contributed by atoms with van der Waals surface area (Å²) in [6.07, 6.45) is 1.53. The van der Waals surface area contributed by atoms with Crippen molar-refractivity contribution in [2.75, 3.05) is 24.6 Å². The fourth-order valence-electron chi connectivity index (χ4n) is 4.56. The number of aliphatic hydroxyl groups is 1. The molecular weight excluding hydrogens is 494 g/mol. The normalized spacial score (nSPS) is 11.2. The fourth-order valence-corrected chi connectivity index (χ4v) is 4.56. The van der Waals surface area contributed by atoms with Crippen LogP contribution in [0.5, 0.6) is 0 Å². The SMILES string of the molecule is CCN(CC)c1ncnc2ccc(CNC(=O)c3c(C)n(CCO)n(Cc4ccc(F)c(F)c4)c3=O)cc12. The van der Waals surface area contributed by atoms with Crippen LogP contribution >= 0.6 is 0 Å². The minimum atomic E-state index is -1.03. The van der Waals surface area contributed by atoms with E-state index in [9.17, 15) is 23.5 Å². The number of hydrogen-bond acceptors (Lipinski definition) is 6. The second-order valence-corrected chi connectivity index (χ2v) is 8.82. The Hall–Kier alpha value is -4.12. The average molecular weight is 525 g/mol. The lowest BCUT2D eigenvalue weighted by Crippen LogP contribution is -2.31. The first-order chi connectivity index (χ1) is 18.3. The van der Waals surface area contributed by atoms with Gasteiger partial charge in [-0.25, -0.2) is 23.4 Å². The van der Waals surface area contributed by atoms with E-state index in [0.29, 0.717) is 11.3 Å². The van der Waals surface area contributed by atoms with Crippen LogP contribution in [0.25, 0.3) is 10.9 Å². The molecule has 0 fully saturated rings. The highest BCUT2D eigenvalue weighted by Gasteiger charge is 2.23. The highest BCUT2D eigenvalue weighted by molar-refractivity contribution is 5.95. The standard InChI is InChI=1S/C27H30F2N6O3/c1-4-33(5-2)25-20-12-18(7-9-23(20)31-16-32-25)14-30-26(37)24-17(3)34(10-11-36)35(27(24)38)15-19-6-8-21(28)22(29)13-19/h6-9,12-13,16,36H,4-5,10-11,14-15H2,1-3H3,(H,30,37). The van der Waals surface area contributed by atoms with Gasteiger partial charge in [0.15, 0.2) is 11.6 Å². The molecule has 2 aromatic carbocycles. The number of fused-ring (bicyclic) bond motifs is 1. The molecule has 0 aliphatic carbocycles. The summed E-state index contributed by atoms with van der Waals surface area (Å²) in [7, 11) is 0. The lowest BCUT2D eigenvalue weighted by atomic mass is 10.1.